The summed E-state index contributed by atoms with van der Waals surface area (Å²) in [6.07, 6.45) is 2.16. The Morgan fingerprint density at radius 3 is 2.67 bits per heavy atom. The van der Waals surface area contributed by atoms with Crippen LogP contribution in [0.5, 0.6) is 0 Å². The normalized spacial score (nSPS) is 21.7. The van der Waals surface area contributed by atoms with Crippen molar-refractivity contribution in [3.8, 4) is 0 Å². The van der Waals surface area contributed by atoms with E-state index in [0.717, 1.165) is 45.8 Å². The molecule has 7 heteroatoms. The summed E-state index contributed by atoms with van der Waals surface area (Å²) in [6.45, 7) is 2.01. The second-order valence-corrected chi connectivity index (χ2v) is 9.37. The summed E-state index contributed by atoms with van der Waals surface area (Å²) in [5, 5.41) is 9.60. The van der Waals surface area contributed by atoms with Gasteiger partial charge < -0.3 is 19.7 Å². The van der Waals surface area contributed by atoms with Crippen molar-refractivity contribution < 1.29 is 9.90 Å². The Morgan fingerprint density at radius 1 is 1.23 bits per heavy atom. The molecule has 1 saturated carbocycles. The van der Waals surface area contributed by atoms with Crippen LogP contribution in [0.15, 0.2) is 47.4 Å². The molecule has 0 aliphatic heterocycles. The van der Waals surface area contributed by atoms with E-state index in [1.54, 1.807) is 11.9 Å². The highest BCUT2D eigenvalue weighted by Crippen LogP contribution is 2.38. The number of nitrogens with zero attached hydrogens (tertiary/aromatic N) is 3. The molecule has 1 heterocycles. The maximum Gasteiger partial charge on any atom is 0.307 e. The molecule has 3 atom stereocenters. The van der Waals surface area contributed by atoms with E-state index < -0.39 is 5.97 Å². The standard InChI is InChI=1S/C23H28N4O2S/c1-14-25-21-13-18(9-11-22(21)26(14)2)30-27(3)17-7-4-15(5-8-17)20-12-16(24)6-10-19(20)23(28)29/h4-5,7-9,11,13,16,19-20H,6,10,12,24H2,1-3H3,(H,28,29)/t16?,19?,20-/m0/s1. The van der Waals surface area contributed by atoms with Crippen LogP contribution in [0, 0.1) is 12.8 Å². The molecule has 158 valence electrons. The number of fused-ring (bicyclic) bond motifs is 1. The Balaban J connectivity index is 1.50. The number of hydrogen-bond acceptors (Lipinski definition) is 5. The number of imidazole rings is 1. The highest BCUT2D eigenvalue weighted by atomic mass is 32.2. The van der Waals surface area contributed by atoms with Gasteiger partial charge in [0.2, 0.25) is 0 Å². The molecule has 1 aliphatic carbocycles. The van der Waals surface area contributed by atoms with E-state index >= 15 is 0 Å². The smallest absolute Gasteiger partial charge is 0.307 e. The van der Waals surface area contributed by atoms with Crippen LogP contribution in [0.2, 0.25) is 0 Å². The third kappa shape index (κ3) is 4.04. The van der Waals surface area contributed by atoms with Crippen molar-refractivity contribution in [2.45, 2.75) is 43.0 Å². The molecule has 3 N–H and O–H groups in total. The first-order valence-corrected chi connectivity index (χ1v) is 11.0. The Hall–Kier alpha value is -2.51. The van der Waals surface area contributed by atoms with E-state index in [9.17, 15) is 9.90 Å². The SMILES string of the molecule is Cc1nc2cc(SN(C)c3ccc([C@@H]4CC(N)CCC4C(=O)O)cc3)ccc2n1C. The highest BCUT2D eigenvalue weighted by molar-refractivity contribution is 8.00. The summed E-state index contributed by atoms with van der Waals surface area (Å²) < 4.78 is 4.20. The lowest BCUT2D eigenvalue weighted by Crippen LogP contribution is -2.35. The van der Waals surface area contributed by atoms with Crippen LogP contribution in [0.4, 0.5) is 5.69 Å². The number of aliphatic carboxylic acids is 1. The minimum absolute atomic E-state index is 0.0203. The molecule has 6 nitrogen and oxygen atoms in total. The van der Waals surface area contributed by atoms with Crippen molar-refractivity contribution in [3.63, 3.8) is 0 Å². The van der Waals surface area contributed by atoms with Crippen molar-refractivity contribution in [3.05, 3.63) is 53.9 Å². The molecule has 1 aliphatic rings. The van der Waals surface area contributed by atoms with Gasteiger partial charge in [-0.25, -0.2) is 4.98 Å². The topological polar surface area (TPSA) is 84.4 Å². The fourth-order valence-electron chi connectivity index (χ4n) is 4.37. The molecule has 1 aromatic heterocycles. The number of carbonyl (C=O) groups is 1. The molecule has 1 fully saturated rings. The van der Waals surface area contributed by atoms with E-state index in [0.29, 0.717) is 6.42 Å². The number of hydrogen-bond donors (Lipinski definition) is 2. The fraction of sp³-hybridized carbons (Fsp3) is 0.391. The third-order valence-corrected chi connectivity index (χ3v) is 7.16. The monoisotopic (exact) mass is 424 g/mol. The van der Waals surface area contributed by atoms with Gasteiger partial charge in [-0.3, -0.25) is 4.79 Å². The molecule has 0 bridgehead atoms. The molecule has 2 aromatic carbocycles. The number of aromatic nitrogens is 2. The Morgan fingerprint density at radius 2 is 1.97 bits per heavy atom. The number of benzene rings is 2. The van der Waals surface area contributed by atoms with Crippen LogP contribution < -0.4 is 10.0 Å². The van der Waals surface area contributed by atoms with Crippen molar-refractivity contribution in [2.75, 3.05) is 11.4 Å². The second-order valence-electron chi connectivity index (χ2n) is 8.17. The maximum absolute atomic E-state index is 11.7. The van der Waals surface area contributed by atoms with E-state index in [1.165, 1.54) is 0 Å². The van der Waals surface area contributed by atoms with Crippen molar-refractivity contribution >= 4 is 34.6 Å². The number of anilines is 1. The number of nitrogens with two attached hydrogens (primary N) is 1. The zero-order valence-electron chi connectivity index (χ0n) is 17.6. The minimum atomic E-state index is -0.719. The summed E-state index contributed by atoms with van der Waals surface area (Å²) in [6, 6.07) is 14.6. The van der Waals surface area contributed by atoms with Gasteiger partial charge in [0.05, 0.1) is 17.0 Å². The summed E-state index contributed by atoms with van der Waals surface area (Å²) in [5.41, 5.74) is 10.4. The van der Waals surface area contributed by atoms with Crippen LogP contribution in [0.25, 0.3) is 11.0 Å². The van der Waals surface area contributed by atoms with Gasteiger partial charge in [0.15, 0.2) is 0 Å². The number of aryl methyl sites for hydroxylation is 2. The van der Waals surface area contributed by atoms with Gasteiger partial charge in [-0.05, 0) is 79.9 Å². The Labute approximate surface area is 181 Å². The molecule has 4 rings (SSSR count). The van der Waals surface area contributed by atoms with Crippen LogP contribution in [0.3, 0.4) is 0 Å². The average molecular weight is 425 g/mol. The van der Waals surface area contributed by atoms with Gasteiger partial charge in [-0.2, -0.15) is 0 Å². The van der Waals surface area contributed by atoms with E-state index in [-0.39, 0.29) is 17.9 Å². The largest absolute Gasteiger partial charge is 0.481 e. The van der Waals surface area contributed by atoms with E-state index in [2.05, 4.69) is 56.3 Å². The van der Waals surface area contributed by atoms with Gasteiger partial charge in [0, 0.05) is 30.7 Å². The lowest BCUT2D eigenvalue weighted by molar-refractivity contribution is -0.143. The van der Waals surface area contributed by atoms with Crippen LogP contribution in [-0.4, -0.2) is 33.7 Å². The predicted molar refractivity (Wildman–Crippen MR) is 122 cm³/mol. The van der Waals surface area contributed by atoms with Crippen molar-refractivity contribution in [1.82, 2.24) is 9.55 Å². The van der Waals surface area contributed by atoms with Gasteiger partial charge in [0.1, 0.15) is 5.82 Å². The third-order valence-electron chi connectivity index (χ3n) is 6.21. The van der Waals surface area contributed by atoms with Crippen molar-refractivity contribution in [2.24, 2.45) is 18.7 Å². The zero-order chi connectivity index (χ0) is 21.4. The first-order chi connectivity index (χ1) is 14.3. The lowest BCUT2D eigenvalue weighted by atomic mass is 9.74. The molecular formula is C23H28N4O2S. The van der Waals surface area contributed by atoms with Crippen molar-refractivity contribution in [1.29, 1.82) is 0 Å². The maximum atomic E-state index is 11.7. The van der Waals surface area contributed by atoms with Crippen LogP contribution in [0.1, 0.15) is 36.6 Å². The molecule has 0 spiro atoms. The number of rotatable bonds is 5. The van der Waals surface area contributed by atoms with Gasteiger partial charge in [-0.15, -0.1) is 0 Å². The predicted octanol–water partition coefficient (Wildman–Crippen LogP) is 4.32. The summed E-state index contributed by atoms with van der Waals surface area (Å²) >= 11 is 1.64. The van der Waals surface area contributed by atoms with E-state index in [1.807, 2.05) is 21.0 Å². The first-order valence-electron chi connectivity index (χ1n) is 10.3. The molecule has 0 radical (unpaired) electrons. The molecule has 30 heavy (non-hydrogen) atoms. The highest BCUT2D eigenvalue weighted by Gasteiger charge is 2.34. The summed E-state index contributed by atoms with van der Waals surface area (Å²) in [5.74, 6) is -0.0913. The molecule has 2 unspecified atom stereocenters. The number of carboxylic acid groups (broad SMARTS) is 1. The van der Waals surface area contributed by atoms with Gasteiger partial charge in [-0.1, -0.05) is 12.1 Å². The molecule has 0 amide bonds. The van der Waals surface area contributed by atoms with E-state index in [4.69, 9.17) is 5.73 Å². The van der Waals surface area contributed by atoms with Crippen LogP contribution in [-0.2, 0) is 11.8 Å². The second kappa shape index (κ2) is 8.32. The Bertz CT molecular complexity index is 1060. The fourth-order valence-corrected chi connectivity index (χ4v) is 5.20. The Kier molecular flexibility index (Phi) is 5.75. The first kappa shape index (κ1) is 20.8. The lowest BCUT2D eigenvalue weighted by Gasteiger charge is -2.32. The molecular weight excluding hydrogens is 396 g/mol. The van der Waals surface area contributed by atoms with Gasteiger partial charge in [0.25, 0.3) is 0 Å². The molecule has 3 aromatic rings. The minimum Gasteiger partial charge on any atom is -0.481 e. The zero-order valence-corrected chi connectivity index (χ0v) is 18.4. The summed E-state index contributed by atoms with van der Waals surface area (Å²) in [4.78, 5) is 17.4. The van der Waals surface area contributed by atoms with Gasteiger partial charge >= 0.3 is 5.97 Å². The molecule has 0 saturated heterocycles. The van der Waals surface area contributed by atoms with Crippen LogP contribution >= 0.6 is 11.9 Å². The quantitative estimate of drug-likeness (QED) is 0.594. The number of carboxylic acids is 1. The summed E-state index contributed by atoms with van der Waals surface area (Å²) in [7, 11) is 4.06. The average Bonchev–Trinajstić information content (AvgIpc) is 3.01.